The molecule has 1 amide bonds. The van der Waals surface area contributed by atoms with Crippen molar-refractivity contribution in [2.45, 2.75) is 0 Å². The maximum atomic E-state index is 12.1. The second kappa shape index (κ2) is 5.92. The van der Waals surface area contributed by atoms with E-state index < -0.39 is 0 Å². The van der Waals surface area contributed by atoms with E-state index in [1.807, 2.05) is 48.5 Å². The molecule has 0 unspecified atom stereocenters. The topological polar surface area (TPSA) is 67.8 Å². The van der Waals surface area contributed by atoms with Crippen LogP contribution in [0.2, 0.25) is 0 Å². The maximum Gasteiger partial charge on any atom is 0.258 e. The Bertz CT molecular complexity index is 727. The van der Waals surface area contributed by atoms with Gasteiger partial charge >= 0.3 is 0 Å². The molecule has 1 aromatic carbocycles. The van der Waals surface area contributed by atoms with Gasteiger partial charge in [-0.05, 0) is 24.3 Å². The summed E-state index contributed by atoms with van der Waals surface area (Å²) in [5, 5.41) is 2.78. The molecule has 102 valence electrons. The highest BCUT2D eigenvalue weighted by molar-refractivity contribution is 6.03. The summed E-state index contributed by atoms with van der Waals surface area (Å²) in [6.45, 7) is 0. The lowest BCUT2D eigenvalue weighted by atomic mass is 10.2. The van der Waals surface area contributed by atoms with Gasteiger partial charge in [0, 0.05) is 24.3 Å². The quantitative estimate of drug-likeness (QED) is 0.798. The molecule has 5 heteroatoms. The van der Waals surface area contributed by atoms with E-state index in [2.05, 4.69) is 20.3 Å². The third kappa shape index (κ3) is 3.09. The molecule has 0 fully saturated rings. The van der Waals surface area contributed by atoms with E-state index >= 15 is 0 Å². The van der Waals surface area contributed by atoms with Crippen molar-refractivity contribution in [1.29, 1.82) is 0 Å². The number of carbonyl (C=O) groups excluding carboxylic acids is 1. The maximum absolute atomic E-state index is 12.1. The van der Waals surface area contributed by atoms with Crippen LogP contribution in [-0.2, 0) is 0 Å². The molecule has 1 N–H and O–H groups in total. The molecular formula is C16H12N4O. The number of benzene rings is 1. The minimum atomic E-state index is -0.242. The van der Waals surface area contributed by atoms with E-state index in [1.54, 1.807) is 6.20 Å². The summed E-state index contributed by atoms with van der Waals surface area (Å²) in [6.07, 6.45) is 4.67. The Kier molecular flexibility index (Phi) is 3.64. The van der Waals surface area contributed by atoms with Crippen molar-refractivity contribution in [3.63, 3.8) is 0 Å². The fourth-order valence-corrected chi connectivity index (χ4v) is 1.80. The molecule has 0 spiro atoms. The van der Waals surface area contributed by atoms with Crippen LogP contribution in [-0.4, -0.2) is 20.9 Å². The van der Waals surface area contributed by atoms with Crippen molar-refractivity contribution in [2.24, 2.45) is 0 Å². The first-order valence-electron chi connectivity index (χ1n) is 6.43. The van der Waals surface area contributed by atoms with Gasteiger partial charge in [0.05, 0.1) is 5.56 Å². The molecule has 0 bridgehead atoms. The number of nitrogens with one attached hydrogen (secondary N) is 1. The number of para-hydroxylation sites is 1. The molecule has 0 aliphatic carbocycles. The van der Waals surface area contributed by atoms with Crippen molar-refractivity contribution in [3.05, 3.63) is 72.7 Å². The van der Waals surface area contributed by atoms with Crippen LogP contribution in [0.4, 0.5) is 5.69 Å². The molecule has 5 nitrogen and oxygen atoms in total. The highest BCUT2D eigenvalue weighted by Crippen LogP contribution is 2.11. The molecular weight excluding hydrogens is 264 g/mol. The minimum absolute atomic E-state index is 0.242. The predicted octanol–water partition coefficient (Wildman–Crippen LogP) is 2.79. The molecule has 2 aromatic heterocycles. The summed E-state index contributed by atoms with van der Waals surface area (Å²) < 4.78 is 0. The zero-order valence-corrected chi connectivity index (χ0v) is 11.1. The van der Waals surface area contributed by atoms with Gasteiger partial charge in [-0.1, -0.05) is 24.3 Å². The average molecular weight is 276 g/mol. The van der Waals surface area contributed by atoms with Crippen LogP contribution in [0.25, 0.3) is 11.5 Å². The van der Waals surface area contributed by atoms with Crippen LogP contribution in [0.1, 0.15) is 10.4 Å². The van der Waals surface area contributed by atoms with Crippen molar-refractivity contribution >= 4 is 11.6 Å². The molecule has 0 radical (unpaired) electrons. The molecule has 3 aromatic rings. The highest BCUT2D eigenvalue weighted by Gasteiger charge is 2.08. The largest absolute Gasteiger partial charge is 0.322 e. The molecule has 0 aliphatic rings. The van der Waals surface area contributed by atoms with Gasteiger partial charge in [0.15, 0.2) is 5.82 Å². The molecule has 0 saturated carbocycles. The third-order valence-electron chi connectivity index (χ3n) is 2.84. The second-order valence-corrected chi connectivity index (χ2v) is 4.33. The number of hydrogen-bond donors (Lipinski definition) is 1. The Morgan fingerprint density at radius 1 is 0.857 bits per heavy atom. The summed E-state index contributed by atoms with van der Waals surface area (Å²) in [4.78, 5) is 24.6. The van der Waals surface area contributed by atoms with Crippen LogP contribution < -0.4 is 5.32 Å². The normalized spacial score (nSPS) is 10.1. The van der Waals surface area contributed by atoms with Gasteiger partial charge in [-0.2, -0.15) is 0 Å². The standard InChI is InChI=1S/C16H12N4O/c21-16(20-13-6-2-1-3-7-13)12-10-18-15(19-11-12)14-8-4-5-9-17-14/h1-11H,(H,20,21). The molecule has 0 saturated heterocycles. The van der Waals surface area contributed by atoms with Crippen LogP contribution in [0.3, 0.4) is 0 Å². The van der Waals surface area contributed by atoms with E-state index in [9.17, 15) is 4.79 Å². The molecule has 0 aliphatic heterocycles. The van der Waals surface area contributed by atoms with Gasteiger partial charge in [-0.3, -0.25) is 9.78 Å². The summed E-state index contributed by atoms with van der Waals surface area (Å²) in [6, 6.07) is 14.8. The second-order valence-electron chi connectivity index (χ2n) is 4.33. The van der Waals surface area contributed by atoms with Gasteiger partial charge in [0.2, 0.25) is 0 Å². The number of rotatable bonds is 3. The van der Waals surface area contributed by atoms with E-state index in [0.29, 0.717) is 17.1 Å². The zero-order valence-electron chi connectivity index (χ0n) is 11.1. The van der Waals surface area contributed by atoms with Gasteiger partial charge in [-0.25, -0.2) is 9.97 Å². The van der Waals surface area contributed by atoms with Crippen LogP contribution >= 0.6 is 0 Å². The number of aromatic nitrogens is 3. The monoisotopic (exact) mass is 276 g/mol. The van der Waals surface area contributed by atoms with Crippen LogP contribution in [0.15, 0.2) is 67.1 Å². The fraction of sp³-hybridized carbons (Fsp3) is 0. The Balaban J connectivity index is 1.77. The number of pyridine rings is 1. The first kappa shape index (κ1) is 12.9. The molecule has 0 atom stereocenters. The predicted molar refractivity (Wildman–Crippen MR) is 79.7 cm³/mol. The van der Waals surface area contributed by atoms with Crippen molar-refractivity contribution < 1.29 is 4.79 Å². The van der Waals surface area contributed by atoms with Gasteiger partial charge in [0.25, 0.3) is 5.91 Å². The highest BCUT2D eigenvalue weighted by atomic mass is 16.1. The number of carbonyl (C=O) groups is 1. The lowest BCUT2D eigenvalue weighted by Gasteiger charge is -2.05. The lowest BCUT2D eigenvalue weighted by molar-refractivity contribution is 0.102. The summed E-state index contributed by atoms with van der Waals surface area (Å²) in [5.41, 5.74) is 1.81. The molecule has 3 rings (SSSR count). The zero-order chi connectivity index (χ0) is 14.5. The van der Waals surface area contributed by atoms with E-state index in [0.717, 1.165) is 5.69 Å². The van der Waals surface area contributed by atoms with Crippen molar-refractivity contribution in [1.82, 2.24) is 15.0 Å². The Morgan fingerprint density at radius 2 is 1.57 bits per heavy atom. The Labute approximate surface area is 121 Å². The molecule has 2 heterocycles. The number of amides is 1. The number of hydrogen-bond acceptors (Lipinski definition) is 4. The lowest BCUT2D eigenvalue weighted by Crippen LogP contribution is -2.12. The summed E-state index contributed by atoms with van der Waals surface area (Å²) in [5.74, 6) is 0.251. The van der Waals surface area contributed by atoms with Gasteiger partial charge in [-0.15, -0.1) is 0 Å². The van der Waals surface area contributed by atoms with E-state index in [4.69, 9.17) is 0 Å². The number of nitrogens with zero attached hydrogens (tertiary/aromatic N) is 3. The fourth-order valence-electron chi connectivity index (χ4n) is 1.80. The first-order chi connectivity index (χ1) is 10.3. The van der Waals surface area contributed by atoms with Gasteiger partial charge in [0.1, 0.15) is 5.69 Å². The number of anilines is 1. The van der Waals surface area contributed by atoms with Crippen LogP contribution in [0.5, 0.6) is 0 Å². The smallest absolute Gasteiger partial charge is 0.258 e. The summed E-state index contributed by atoms with van der Waals surface area (Å²) >= 11 is 0. The van der Waals surface area contributed by atoms with E-state index in [1.165, 1.54) is 12.4 Å². The van der Waals surface area contributed by atoms with Crippen molar-refractivity contribution in [2.75, 3.05) is 5.32 Å². The van der Waals surface area contributed by atoms with Gasteiger partial charge < -0.3 is 5.32 Å². The SMILES string of the molecule is O=C(Nc1ccccc1)c1cnc(-c2ccccn2)nc1. The Hall–Kier alpha value is -3.08. The minimum Gasteiger partial charge on any atom is -0.322 e. The van der Waals surface area contributed by atoms with Crippen molar-refractivity contribution in [3.8, 4) is 11.5 Å². The first-order valence-corrected chi connectivity index (χ1v) is 6.43. The Morgan fingerprint density at radius 3 is 2.24 bits per heavy atom. The summed E-state index contributed by atoms with van der Waals surface area (Å²) in [7, 11) is 0. The molecule has 21 heavy (non-hydrogen) atoms. The third-order valence-corrected chi connectivity index (χ3v) is 2.84. The van der Waals surface area contributed by atoms with Crippen LogP contribution in [0, 0.1) is 0 Å². The average Bonchev–Trinajstić information content (AvgIpc) is 2.57. The van der Waals surface area contributed by atoms with E-state index in [-0.39, 0.29) is 5.91 Å².